The molecule has 0 spiro atoms. The Morgan fingerprint density at radius 3 is 2.77 bits per heavy atom. The van der Waals surface area contributed by atoms with Crippen LogP contribution in [0.2, 0.25) is 0 Å². The number of rotatable bonds is 4. The van der Waals surface area contributed by atoms with Gasteiger partial charge in [0.15, 0.2) is 0 Å². The minimum atomic E-state index is 0.141. The third kappa shape index (κ3) is 3.07. The number of ether oxygens (including phenoxy) is 1. The molecule has 2 nitrogen and oxygen atoms in total. The van der Waals surface area contributed by atoms with Crippen LogP contribution in [-0.4, -0.2) is 12.6 Å². The van der Waals surface area contributed by atoms with Gasteiger partial charge in [-0.05, 0) is 31.0 Å². The van der Waals surface area contributed by atoms with E-state index in [2.05, 4.69) is 19.9 Å². The van der Waals surface area contributed by atoms with Crippen molar-refractivity contribution in [1.82, 2.24) is 0 Å². The average Bonchev–Trinajstić information content (AvgIpc) is 2.14. The van der Waals surface area contributed by atoms with Gasteiger partial charge in [0.25, 0.3) is 0 Å². The van der Waals surface area contributed by atoms with E-state index in [0.717, 1.165) is 12.2 Å². The summed E-state index contributed by atoms with van der Waals surface area (Å²) in [6, 6.07) is 8.04. The zero-order valence-corrected chi connectivity index (χ0v) is 8.29. The third-order valence-electron chi connectivity index (χ3n) is 2.01. The quantitative estimate of drug-likeness (QED) is 0.768. The summed E-state index contributed by atoms with van der Waals surface area (Å²) in [5, 5.41) is 0. The van der Waals surface area contributed by atoms with Gasteiger partial charge in [-0.25, -0.2) is 0 Å². The summed E-state index contributed by atoms with van der Waals surface area (Å²) in [5.74, 6) is 0.914. The summed E-state index contributed by atoms with van der Waals surface area (Å²) < 4.78 is 5.67. The van der Waals surface area contributed by atoms with Crippen molar-refractivity contribution in [2.45, 2.75) is 26.4 Å². The molecule has 1 rings (SSSR count). The molecule has 2 heteroatoms. The van der Waals surface area contributed by atoms with E-state index in [9.17, 15) is 0 Å². The molecule has 0 aliphatic carbocycles. The molecule has 0 heterocycles. The van der Waals surface area contributed by atoms with E-state index in [1.807, 2.05) is 18.2 Å². The molecule has 0 bridgehead atoms. The molecule has 72 valence electrons. The number of hydrogen-bond acceptors (Lipinski definition) is 2. The second-order valence-electron chi connectivity index (χ2n) is 3.20. The van der Waals surface area contributed by atoms with Crippen molar-refractivity contribution < 1.29 is 4.74 Å². The van der Waals surface area contributed by atoms with Gasteiger partial charge in [0.1, 0.15) is 11.9 Å². The molecule has 0 aliphatic rings. The van der Waals surface area contributed by atoms with Crippen LogP contribution in [0.5, 0.6) is 5.75 Å². The number of hydrogen-bond donors (Lipinski definition) is 1. The molecule has 0 fully saturated rings. The maximum atomic E-state index is 5.67. The molecule has 0 amide bonds. The minimum absolute atomic E-state index is 0.141. The van der Waals surface area contributed by atoms with Gasteiger partial charge < -0.3 is 10.5 Å². The summed E-state index contributed by atoms with van der Waals surface area (Å²) in [5.41, 5.74) is 6.76. The Morgan fingerprint density at radius 2 is 2.23 bits per heavy atom. The highest BCUT2D eigenvalue weighted by Gasteiger charge is 2.04. The molecule has 1 atom stereocenters. The Balaban J connectivity index is 2.62. The molecule has 0 saturated carbocycles. The van der Waals surface area contributed by atoms with E-state index >= 15 is 0 Å². The predicted molar refractivity (Wildman–Crippen MR) is 54.9 cm³/mol. The van der Waals surface area contributed by atoms with Crippen LogP contribution in [0.25, 0.3) is 0 Å². The maximum Gasteiger partial charge on any atom is 0.120 e. The lowest BCUT2D eigenvalue weighted by atomic mass is 10.2. The highest BCUT2D eigenvalue weighted by atomic mass is 16.5. The Labute approximate surface area is 79.7 Å². The smallest absolute Gasteiger partial charge is 0.120 e. The van der Waals surface area contributed by atoms with Gasteiger partial charge in [0, 0.05) is 6.54 Å². The largest absolute Gasteiger partial charge is 0.489 e. The van der Waals surface area contributed by atoms with E-state index in [-0.39, 0.29) is 6.10 Å². The van der Waals surface area contributed by atoms with Gasteiger partial charge in [-0.15, -0.1) is 0 Å². The second-order valence-corrected chi connectivity index (χ2v) is 3.20. The van der Waals surface area contributed by atoms with Crippen molar-refractivity contribution in [1.29, 1.82) is 0 Å². The van der Waals surface area contributed by atoms with E-state index in [4.69, 9.17) is 10.5 Å². The number of aryl methyl sites for hydroxylation is 1. The van der Waals surface area contributed by atoms with Crippen molar-refractivity contribution in [3.05, 3.63) is 29.8 Å². The predicted octanol–water partition coefficient (Wildman–Crippen LogP) is 2.11. The number of benzene rings is 1. The van der Waals surface area contributed by atoms with Crippen LogP contribution < -0.4 is 10.5 Å². The Hall–Kier alpha value is -1.02. The van der Waals surface area contributed by atoms with Gasteiger partial charge in [0.2, 0.25) is 0 Å². The molecule has 13 heavy (non-hydrogen) atoms. The first-order valence-corrected chi connectivity index (χ1v) is 4.69. The van der Waals surface area contributed by atoms with Crippen LogP contribution >= 0.6 is 0 Å². The van der Waals surface area contributed by atoms with Crippen LogP contribution in [0.3, 0.4) is 0 Å². The van der Waals surface area contributed by atoms with Crippen molar-refractivity contribution in [2.75, 3.05) is 6.54 Å². The third-order valence-corrected chi connectivity index (χ3v) is 2.01. The van der Waals surface area contributed by atoms with E-state index < -0.39 is 0 Å². The van der Waals surface area contributed by atoms with E-state index in [0.29, 0.717) is 6.54 Å². The number of nitrogens with two attached hydrogens (primary N) is 1. The molecular weight excluding hydrogens is 162 g/mol. The molecule has 1 aromatic carbocycles. The first-order valence-electron chi connectivity index (χ1n) is 4.69. The molecule has 0 saturated heterocycles. The van der Waals surface area contributed by atoms with Crippen LogP contribution in [0, 0.1) is 6.92 Å². The topological polar surface area (TPSA) is 35.2 Å². The van der Waals surface area contributed by atoms with Crippen molar-refractivity contribution >= 4 is 0 Å². The van der Waals surface area contributed by atoms with Crippen molar-refractivity contribution in [3.8, 4) is 5.75 Å². The van der Waals surface area contributed by atoms with Crippen molar-refractivity contribution in [3.63, 3.8) is 0 Å². The Bertz CT molecular complexity index is 256. The highest BCUT2D eigenvalue weighted by molar-refractivity contribution is 5.27. The normalized spacial score (nSPS) is 12.5. The Kier molecular flexibility index (Phi) is 3.77. The van der Waals surface area contributed by atoms with Gasteiger partial charge in [0.05, 0.1) is 0 Å². The summed E-state index contributed by atoms with van der Waals surface area (Å²) in [4.78, 5) is 0. The SMILES string of the molecule is CC[C@@H](CN)Oc1cccc(C)c1. The maximum absolute atomic E-state index is 5.67. The molecule has 0 radical (unpaired) electrons. The summed E-state index contributed by atoms with van der Waals surface area (Å²) >= 11 is 0. The summed E-state index contributed by atoms with van der Waals surface area (Å²) in [7, 11) is 0. The van der Waals surface area contributed by atoms with E-state index in [1.165, 1.54) is 5.56 Å². The fourth-order valence-electron chi connectivity index (χ4n) is 1.18. The highest BCUT2D eigenvalue weighted by Crippen LogP contribution is 2.14. The van der Waals surface area contributed by atoms with Crippen LogP contribution in [0.4, 0.5) is 0 Å². The first-order chi connectivity index (χ1) is 6.26. The van der Waals surface area contributed by atoms with Crippen LogP contribution in [0.1, 0.15) is 18.9 Å². The average molecular weight is 179 g/mol. The lowest BCUT2D eigenvalue weighted by Gasteiger charge is -2.15. The summed E-state index contributed by atoms with van der Waals surface area (Å²) in [6.45, 7) is 4.70. The van der Waals surface area contributed by atoms with Gasteiger partial charge in [-0.1, -0.05) is 19.1 Å². The molecular formula is C11H17NO. The lowest BCUT2D eigenvalue weighted by Crippen LogP contribution is -2.25. The summed E-state index contributed by atoms with van der Waals surface area (Å²) in [6.07, 6.45) is 1.09. The van der Waals surface area contributed by atoms with Gasteiger partial charge in [-0.2, -0.15) is 0 Å². The zero-order chi connectivity index (χ0) is 9.68. The molecule has 1 aromatic rings. The fourth-order valence-corrected chi connectivity index (χ4v) is 1.18. The van der Waals surface area contributed by atoms with Crippen LogP contribution in [-0.2, 0) is 0 Å². The lowest BCUT2D eigenvalue weighted by molar-refractivity contribution is 0.205. The second kappa shape index (κ2) is 4.87. The Morgan fingerprint density at radius 1 is 1.46 bits per heavy atom. The van der Waals surface area contributed by atoms with E-state index in [1.54, 1.807) is 0 Å². The first kappa shape index (κ1) is 10.1. The van der Waals surface area contributed by atoms with Crippen LogP contribution in [0.15, 0.2) is 24.3 Å². The zero-order valence-electron chi connectivity index (χ0n) is 8.29. The standard InChI is InChI=1S/C11H17NO/c1-3-10(8-12)13-11-6-4-5-9(2)7-11/h4-7,10H,3,8,12H2,1-2H3/t10-/m0/s1. The molecule has 0 aliphatic heterocycles. The van der Waals surface area contributed by atoms with Gasteiger partial charge in [-0.3, -0.25) is 0 Å². The van der Waals surface area contributed by atoms with Crippen molar-refractivity contribution in [2.24, 2.45) is 5.73 Å². The minimum Gasteiger partial charge on any atom is -0.489 e. The fraction of sp³-hybridized carbons (Fsp3) is 0.455. The monoisotopic (exact) mass is 179 g/mol. The molecule has 0 aromatic heterocycles. The molecule has 0 unspecified atom stereocenters. The van der Waals surface area contributed by atoms with Gasteiger partial charge >= 0.3 is 0 Å². The molecule has 2 N–H and O–H groups in total.